The highest BCUT2D eigenvalue weighted by atomic mass is 16.6. The van der Waals surface area contributed by atoms with Crippen LogP contribution < -0.4 is 43.0 Å². The van der Waals surface area contributed by atoms with Crippen LogP contribution in [0.25, 0.3) is 0 Å². The zero-order valence-corrected chi connectivity index (χ0v) is 43.6. The van der Waals surface area contributed by atoms with Crippen LogP contribution in [0.2, 0.25) is 0 Å². The Morgan fingerprint density at radius 2 is 0.746 bits per heavy atom. The van der Waals surface area contributed by atoms with E-state index in [9.17, 15) is 57.5 Å². The lowest BCUT2D eigenvalue weighted by Gasteiger charge is -2.20. The lowest BCUT2D eigenvalue weighted by molar-refractivity contribution is -0.152. The van der Waals surface area contributed by atoms with E-state index in [1.54, 1.807) is 0 Å². The monoisotopic (exact) mass is 1030 g/mol. The Morgan fingerprint density at radius 3 is 1.00 bits per heavy atom. The van der Waals surface area contributed by atoms with Crippen molar-refractivity contribution in [3.05, 3.63) is 0 Å². The molecule has 31 heteroatoms. The van der Waals surface area contributed by atoms with Gasteiger partial charge in [0, 0.05) is 89.6 Å². The zero-order valence-electron chi connectivity index (χ0n) is 43.6. The molecule has 0 aliphatic carbocycles. The first-order valence-corrected chi connectivity index (χ1v) is 21.2. The summed E-state index contributed by atoms with van der Waals surface area (Å²) in [4.78, 5) is 130. The van der Waals surface area contributed by atoms with Gasteiger partial charge in [-0.3, -0.25) is 78.4 Å². The fourth-order valence-corrected chi connectivity index (χ4v) is 2.84. The number of carbonyl (C=O) groups excluding carboxylic acids is 12. The molecule has 8 amide bonds. The summed E-state index contributed by atoms with van der Waals surface area (Å²) in [7, 11) is 0. The molecule has 0 aliphatic heterocycles. The van der Waals surface area contributed by atoms with Crippen molar-refractivity contribution in [2.45, 2.75) is 96.9 Å². The molecule has 71 heavy (non-hydrogen) atoms. The maximum absolute atomic E-state index is 11.0. The number of carbonyl (C=O) groups is 12. The maximum Gasteiger partial charge on any atom is 0.304 e. The van der Waals surface area contributed by atoms with Crippen molar-refractivity contribution >= 4 is 71.1 Å². The van der Waals surface area contributed by atoms with Gasteiger partial charge < -0.3 is 76.0 Å². The van der Waals surface area contributed by atoms with Crippen molar-refractivity contribution in [1.82, 2.24) is 56.8 Å². The quantitative estimate of drug-likeness (QED) is 0.0210. The molecule has 31 nitrogen and oxygen atoms in total. The van der Waals surface area contributed by atoms with E-state index in [2.05, 4.69) is 56.2 Å². The lowest BCUT2D eigenvalue weighted by atomic mass is 10.5. The van der Waals surface area contributed by atoms with Gasteiger partial charge >= 0.3 is 23.9 Å². The van der Waals surface area contributed by atoms with Gasteiger partial charge in [-0.15, -0.1) is 0 Å². The minimum absolute atomic E-state index is 0.0396. The summed E-state index contributed by atoms with van der Waals surface area (Å²) in [5.74, 6) is -3.00. The molecule has 0 spiro atoms. The number of hydrogen-bond donors (Lipinski definition) is 11. The molecule has 0 aromatic rings. The fraction of sp³-hybridized carbons (Fsp3) is 0.700. The van der Waals surface area contributed by atoms with Gasteiger partial charge in [-0.25, -0.2) is 0 Å². The Hall–Kier alpha value is -6.64. The van der Waals surface area contributed by atoms with Crippen LogP contribution in [0.5, 0.6) is 0 Å². The molecule has 0 atom stereocenters. The number of ether oxygens (including phenoxy) is 4. The van der Waals surface area contributed by atoms with E-state index in [-0.39, 0.29) is 126 Å². The average molecular weight is 1040 g/mol. The minimum atomic E-state index is -0.473. The Morgan fingerprint density at radius 1 is 0.423 bits per heavy atom. The molecular formula is C40H82N12O19. The van der Waals surface area contributed by atoms with Crippen molar-refractivity contribution in [2.75, 3.05) is 93.5 Å². The van der Waals surface area contributed by atoms with E-state index < -0.39 is 5.97 Å². The largest absolute Gasteiger partial charge is 0.450 e. The predicted molar refractivity (Wildman–Crippen MR) is 252 cm³/mol. The number of nitrogens with two attached hydrogens (primary N) is 1. The molecule has 0 bridgehead atoms. The normalized spacial score (nSPS) is 8.93. The van der Waals surface area contributed by atoms with Crippen molar-refractivity contribution in [1.29, 1.82) is 0 Å². The van der Waals surface area contributed by atoms with Gasteiger partial charge in [0.1, 0.15) is 26.9 Å². The third-order valence-corrected chi connectivity index (χ3v) is 6.65. The zero-order chi connectivity index (χ0) is 56.9. The fourth-order valence-electron chi connectivity index (χ4n) is 2.84. The second kappa shape index (κ2) is 56.0. The van der Waals surface area contributed by atoms with Gasteiger partial charge in [0.05, 0.1) is 40.1 Å². The number of hydrogen-bond acceptors (Lipinski definition) is 23. The van der Waals surface area contributed by atoms with E-state index in [4.69, 9.17) is 21.1 Å². The molecule has 12 N–H and O–H groups in total. The van der Waals surface area contributed by atoms with Crippen molar-refractivity contribution in [2.24, 2.45) is 5.73 Å². The average Bonchev–Trinajstić information content (AvgIpc) is 3.24. The summed E-state index contributed by atoms with van der Waals surface area (Å²) < 4.78 is 18.3. The number of esters is 4. The molecule has 0 saturated carbocycles. The first kappa shape index (κ1) is 78.5. The molecule has 0 saturated heterocycles. The van der Waals surface area contributed by atoms with Crippen molar-refractivity contribution < 1.29 is 91.8 Å². The first-order chi connectivity index (χ1) is 33.0. The van der Waals surface area contributed by atoms with Gasteiger partial charge in [0.15, 0.2) is 13.5 Å². The van der Waals surface area contributed by atoms with Gasteiger partial charge in [-0.05, 0) is 13.5 Å². The van der Waals surface area contributed by atoms with E-state index in [0.29, 0.717) is 26.6 Å². The summed E-state index contributed by atoms with van der Waals surface area (Å²) in [6, 6.07) is 0. The van der Waals surface area contributed by atoms with Crippen LogP contribution in [-0.4, -0.2) is 200 Å². The first-order valence-electron chi connectivity index (χ1n) is 21.2. The summed E-state index contributed by atoms with van der Waals surface area (Å²) in [6.45, 7) is 21.7. The van der Waals surface area contributed by atoms with Crippen LogP contribution in [0, 0.1) is 0 Å². The van der Waals surface area contributed by atoms with Crippen LogP contribution >= 0.6 is 0 Å². The molecule has 0 fully saturated rings. The molecule has 0 heterocycles. The van der Waals surface area contributed by atoms with Gasteiger partial charge in [-0.1, -0.05) is 6.92 Å². The Bertz CT molecular complexity index is 1430. The van der Waals surface area contributed by atoms with E-state index in [1.165, 1.54) is 92.9 Å². The third-order valence-electron chi connectivity index (χ3n) is 6.65. The maximum atomic E-state index is 11.0. The summed E-state index contributed by atoms with van der Waals surface area (Å²) in [5, 5.41) is 42.7. The Balaban J connectivity index is -0.000000136. The highest BCUT2D eigenvalue weighted by Crippen LogP contribution is 1.90. The van der Waals surface area contributed by atoms with Crippen molar-refractivity contribution in [3.63, 3.8) is 0 Å². The molecule has 0 unspecified atom stereocenters. The molecular weight excluding hydrogens is 953 g/mol. The smallest absolute Gasteiger partial charge is 0.304 e. The molecule has 416 valence electrons. The lowest BCUT2D eigenvalue weighted by Crippen LogP contribution is -2.41. The van der Waals surface area contributed by atoms with Crippen LogP contribution in [0.4, 0.5) is 0 Å². The second-order valence-electron chi connectivity index (χ2n) is 13.0. The number of nitrogens with zero attached hydrogens (tertiary/aromatic N) is 4. The van der Waals surface area contributed by atoms with E-state index in [0.717, 1.165) is 16.3 Å². The number of aliphatic hydroxyl groups is 3. The molecule has 0 rings (SSSR count). The number of amides is 8. The summed E-state index contributed by atoms with van der Waals surface area (Å²) in [6.07, 6.45) is 0. The number of aliphatic hydroxyl groups excluding tert-OH is 3. The molecule has 0 aromatic carbocycles. The highest BCUT2D eigenvalue weighted by Gasteiger charge is 2.10. The SMILES string of the molecule is CC(=O)N(CN)CO.CC(=O)NCN(CO)C(C)=O.CC(=O)NCN(COC(C)=O)C(C)=O.CC(=O)NCNCO.CC(=O)NCNCOC(C)=O.CCN(COC(C)=O)C(C)=O.CCNCOC(C)=O. The van der Waals surface area contributed by atoms with Crippen LogP contribution in [0.1, 0.15) is 96.9 Å². The highest BCUT2D eigenvalue weighted by molar-refractivity contribution is 5.77. The van der Waals surface area contributed by atoms with Crippen LogP contribution in [0.3, 0.4) is 0 Å². The number of nitrogens with one attached hydrogen (secondary N) is 7. The standard InChI is InChI=1S/C8H14N2O4.C7H13NO3.2C6H12N2O3.C5H11NO2.2C4H10N2O2/c1-6(11)9-4-10(7(2)12)5-14-8(3)13;1-4-8(6(2)9)5-11-7(3)10;1-5(10)7-3-8(4-9)6(2)11;1-5(9)8-3-7-4-11-6(2)10;1-3-6-4-8-5(2)7;1-4(8)6(2-5)3-7;1-4(8)6-2-5-3-7/h4-5H2,1-3H3,(H,9,11);4-5H2,1-3H3;9H,3-4H2,1-2H3,(H,7,10);7H,3-4H2,1-2H3,(H,8,9);6H,3-4H2,1-2H3;7H,2-3,5H2,1H3;5,7H,2-3H2,1H3,(H,6,8). The van der Waals surface area contributed by atoms with Crippen molar-refractivity contribution in [3.8, 4) is 0 Å². The summed E-state index contributed by atoms with van der Waals surface area (Å²) in [5.41, 5.74) is 5.03. The van der Waals surface area contributed by atoms with Crippen LogP contribution in [-0.2, 0) is 76.5 Å². The minimum Gasteiger partial charge on any atom is -0.450 e. The van der Waals surface area contributed by atoms with Gasteiger partial charge in [0.25, 0.3) is 0 Å². The van der Waals surface area contributed by atoms with Gasteiger partial charge in [-0.2, -0.15) is 0 Å². The van der Waals surface area contributed by atoms with E-state index in [1.807, 2.05) is 13.8 Å². The Kier molecular flexibility index (Phi) is 61.9. The topological polar surface area (TPSA) is 426 Å². The molecule has 0 aliphatic rings. The van der Waals surface area contributed by atoms with Crippen LogP contribution in [0.15, 0.2) is 0 Å². The third kappa shape index (κ3) is 77.8. The second-order valence-corrected chi connectivity index (χ2v) is 13.0. The Labute approximate surface area is 415 Å². The molecule has 0 aromatic heterocycles. The number of rotatable bonds is 22. The van der Waals surface area contributed by atoms with Gasteiger partial charge in [0.2, 0.25) is 47.3 Å². The molecule has 0 radical (unpaired) electrons. The van der Waals surface area contributed by atoms with E-state index >= 15 is 0 Å². The predicted octanol–water partition coefficient (Wildman–Crippen LogP) is -4.67. The summed E-state index contributed by atoms with van der Waals surface area (Å²) >= 11 is 0.